The van der Waals surface area contributed by atoms with E-state index in [-0.39, 0.29) is 0 Å². The fourth-order valence-electron chi connectivity index (χ4n) is 1.34. The summed E-state index contributed by atoms with van der Waals surface area (Å²) in [6, 6.07) is 5.88. The summed E-state index contributed by atoms with van der Waals surface area (Å²) in [5.41, 5.74) is 7.65. The van der Waals surface area contributed by atoms with Crippen LogP contribution >= 0.6 is 11.6 Å². The highest BCUT2D eigenvalue weighted by Gasteiger charge is 2.18. The number of hydrogen-bond acceptors (Lipinski definition) is 2. The van der Waals surface area contributed by atoms with Crippen molar-refractivity contribution in [3.63, 3.8) is 0 Å². The summed E-state index contributed by atoms with van der Waals surface area (Å²) >= 11 is 5.81. The van der Waals surface area contributed by atoms with E-state index in [0.717, 1.165) is 13.1 Å². The molecule has 0 aromatic heterocycles. The Kier molecular flexibility index (Phi) is 1.95. The smallest absolute Gasteiger partial charge is 0.0635 e. The van der Waals surface area contributed by atoms with E-state index in [1.807, 2.05) is 18.2 Å². The number of hydrogen-bond donors (Lipinski definition) is 2. The molecular formula is C9H11ClN2. The molecule has 0 atom stereocenters. The molecule has 0 amide bonds. The van der Waals surface area contributed by atoms with Crippen molar-refractivity contribution in [3.8, 4) is 0 Å². The zero-order valence-electron chi connectivity index (χ0n) is 6.68. The second-order valence-electron chi connectivity index (χ2n) is 3.14. The van der Waals surface area contributed by atoms with Gasteiger partial charge in [-0.15, -0.1) is 0 Å². The summed E-state index contributed by atoms with van der Waals surface area (Å²) in [6.45, 7) is 2.11. The van der Waals surface area contributed by atoms with E-state index in [4.69, 9.17) is 17.3 Å². The Morgan fingerprint density at radius 2 is 2.17 bits per heavy atom. The van der Waals surface area contributed by atoms with Gasteiger partial charge < -0.3 is 11.1 Å². The third-order valence-electron chi connectivity index (χ3n) is 2.27. The van der Waals surface area contributed by atoms with E-state index in [1.54, 1.807) is 0 Å². The van der Waals surface area contributed by atoms with Gasteiger partial charge in [0.05, 0.1) is 10.7 Å². The van der Waals surface area contributed by atoms with Crippen molar-refractivity contribution in [3.05, 3.63) is 28.8 Å². The third kappa shape index (κ3) is 1.28. The third-order valence-corrected chi connectivity index (χ3v) is 2.62. The van der Waals surface area contributed by atoms with Crippen LogP contribution in [-0.2, 0) is 0 Å². The Bertz CT molecular complexity index is 295. The van der Waals surface area contributed by atoms with Gasteiger partial charge in [-0.05, 0) is 17.7 Å². The summed E-state index contributed by atoms with van der Waals surface area (Å²) in [4.78, 5) is 0. The molecule has 3 heteroatoms. The maximum absolute atomic E-state index is 5.81. The molecule has 3 N–H and O–H groups in total. The lowest BCUT2D eigenvalue weighted by Gasteiger charge is -2.27. The van der Waals surface area contributed by atoms with E-state index >= 15 is 0 Å². The van der Waals surface area contributed by atoms with Crippen molar-refractivity contribution in [1.82, 2.24) is 5.32 Å². The predicted molar refractivity (Wildman–Crippen MR) is 51.5 cm³/mol. The van der Waals surface area contributed by atoms with Crippen LogP contribution in [0.5, 0.6) is 0 Å². The Morgan fingerprint density at radius 3 is 2.67 bits per heavy atom. The standard InChI is InChI=1S/C9H11ClN2/c10-8-2-1-6(3-9(8)11)7-4-12-5-7/h1-3,7,12H,4-5,11H2. The Balaban J connectivity index is 2.27. The van der Waals surface area contributed by atoms with Crippen LogP contribution in [0.3, 0.4) is 0 Å². The first-order valence-electron chi connectivity index (χ1n) is 4.03. The van der Waals surface area contributed by atoms with Gasteiger partial charge in [0.15, 0.2) is 0 Å². The Hall–Kier alpha value is -0.730. The first-order chi connectivity index (χ1) is 5.77. The summed E-state index contributed by atoms with van der Waals surface area (Å²) < 4.78 is 0. The predicted octanol–water partition coefficient (Wildman–Crippen LogP) is 1.61. The molecule has 1 heterocycles. The zero-order valence-corrected chi connectivity index (χ0v) is 7.43. The van der Waals surface area contributed by atoms with Crippen LogP contribution < -0.4 is 11.1 Å². The van der Waals surface area contributed by atoms with Crippen LogP contribution in [0.15, 0.2) is 18.2 Å². The molecule has 1 aliphatic heterocycles. The molecule has 64 valence electrons. The molecule has 2 nitrogen and oxygen atoms in total. The topological polar surface area (TPSA) is 38.0 Å². The van der Waals surface area contributed by atoms with Crippen molar-refractivity contribution in [1.29, 1.82) is 0 Å². The SMILES string of the molecule is Nc1cc(C2CNC2)ccc1Cl. The highest BCUT2D eigenvalue weighted by atomic mass is 35.5. The van der Waals surface area contributed by atoms with Crippen LogP contribution in [0.1, 0.15) is 11.5 Å². The monoisotopic (exact) mass is 182 g/mol. The van der Waals surface area contributed by atoms with E-state index in [2.05, 4.69) is 5.32 Å². The summed E-state index contributed by atoms with van der Waals surface area (Å²) in [5.74, 6) is 0.629. The zero-order chi connectivity index (χ0) is 8.55. The van der Waals surface area contributed by atoms with E-state index in [1.165, 1.54) is 5.56 Å². The minimum atomic E-state index is 0.629. The summed E-state index contributed by atoms with van der Waals surface area (Å²) in [5, 5.41) is 3.86. The number of anilines is 1. The number of nitrogens with two attached hydrogens (primary N) is 1. The first kappa shape index (κ1) is 7.90. The van der Waals surface area contributed by atoms with E-state index in [9.17, 15) is 0 Å². The van der Waals surface area contributed by atoms with Crippen LogP contribution in [-0.4, -0.2) is 13.1 Å². The molecule has 0 saturated carbocycles. The van der Waals surface area contributed by atoms with Gasteiger partial charge in [0.2, 0.25) is 0 Å². The number of benzene rings is 1. The lowest BCUT2D eigenvalue weighted by molar-refractivity contribution is 0.448. The second kappa shape index (κ2) is 2.96. The van der Waals surface area contributed by atoms with E-state index in [0.29, 0.717) is 16.6 Å². The molecule has 0 spiro atoms. The molecule has 1 fully saturated rings. The highest BCUT2D eigenvalue weighted by Crippen LogP contribution is 2.26. The van der Waals surface area contributed by atoms with Crippen LogP contribution in [0.2, 0.25) is 5.02 Å². The molecule has 0 aliphatic carbocycles. The molecule has 0 unspecified atom stereocenters. The van der Waals surface area contributed by atoms with Crippen molar-refractivity contribution >= 4 is 17.3 Å². The molecule has 1 aromatic rings. The first-order valence-corrected chi connectivity index (χ1v) is 4.41. The number of halogens is 1. The van der Waals surface area contributed by atoms with Crippen LogP contribution in [0, 0.1) is 0 Å². The van der Waals surface area contributed by atoms with Gasteiger partial charge in [-0.25, -0.2) is 0 Å². The molecule has 1 saturated heterocycles. The lowest BCUT2D eigenvalue weighted by Crippen LogP contribution is -2.39. The van der Waals surface area contributed by atoms with Gasteiger partial charge >= 0.3 is 0 Å². The normalized spacial score (nSPS) is 17.4. The summed E-state index contributed by atoms with van der Waals surface area (Å²) in [6.07, 6.45) is 0. The van der Waals surface area contributed by atoms with Crippen LogP contribution in [0.25, 0.3) is 0 Å². The van der Waals surface area contributed by atoms with Gasteiger partial charge in [0, 0.05) is 19.0 Å². The van der Waals surface area contributed by atoms with Gasteiger partial charge in [0.1, 0.15) is 0 Å². The minimum Gasteiger partial charge on any atom is -0.398 e. The van der Waals surface area contributed by atoms with Gasteiger partial charge in [-0.2, -0.15) is 0 Å². The average Bonchev–Trinajstić information content (AvgIpc) is 1.93. The molecule has 0 bridgehead atoms. The molecule has 1 aromatic carbocycles. The van der Waals surface area contributed by atoms with Crippen LogP contribution in [0.4, 0.5) is 5.69 Å². The average molecular weight is 183 g/mol. The molecule has 1 aliphatic rings. The fourth-order valence-corrected chi connectivity index (χ4v) is 1.46. The maximum Gasteiger partial charge on any atom is 0.0635 e. The quantitative estimate of drug-likeness (QED) is 0.648. The molecule has 0 radical (unpaired) electrons. The van der Waals surface area contributed by atoms with Gasteiger partial charge in [-0.1, -0.05) is 17.7 Å². The largest absolute Gasteiger partial charge is 0.398 e. The minimum absolute atomic E-state index is 0.629. The maximum atomic E-state index is 5.81. The molecule has 12 heavy (non-hydrogen) atoms. The van der Waals surface area contributed by atoms with Gasteiger partial charge in [-0.3, -0.25) is 0 Å². The molecule has 2 rings (SSSR count). The van der Waals surface area contributed by atoms with Crippen molar-refractivity contribution < 1.29 is 0 Å². The number of rotatable bonds is 1. The van der Waals surface area contributed by atoms with Crippen molar-refractivity contribution in [2.75, 3.05) is 18.8 Å². The van der Waals surface area contributed by atoms with Crippen molar-refractivity contribution in [2.45, 2.75) is 5.92 Å². The Labute approximate surface area is 76.7 Å². The Morgan fingerprint density at radius 1 is 1.42 bits per heavy atom. The number of nitrogen functional groups attached to an aromatic ring is 1. The lowest BCUT2D eigenvalue weighted by atomic mass is 9.93. The summed E-state index contributed by atoms with van der Waals surface area (Å²) in [7, 11) is 0. The second-order valence-corrected chi connectivity index (χ2v) is 3.54. The van der Waals surface area contributed by atoms with E-state index < -0.39 is 0 Å². The molecular weight excluding hydrogens is 172 g/mol. The number of nitrogens with one attached hydrogen (secondary N) is 1. The van der Waals surface area contributed by atoms with Crippen molar-refractivity contribution in [2.24, 2.45) is 0 Å². The van der Waals surface area contributed by atoms with Gasteiger partial charge in [0.25, 0.3) is 0 Å². The highest BCUT2D eigenvalue weighted by molar-refractivity contribution is 6.33. The fraction of sp³-hybridized carbons (Fsp3) is 0.333.